The summed E-state index contributed by atoms with van der Waals surface area (Å²) in [5, 5.41) is 3.17. The second-order valence-electron chi connectivity index (χ2n) is 5.60. The molecule has 0 aromatic carbocycles. The Hall–Kier alpha value is -1.30. The molecule has 0 radical (unpaired) electrons. The number of Topliss-reactive ketones (excluding diaryl/α,β-unsaturated/α-hetero) is 1. The van der Waals surface area contributed by atoms with Crippen LogP contribution < -0.4 is 5.32 Å². The lowest BCUT2D eigenvalue weighted by Gasteiger charge is -2.13. The summed E-state index contributed by atoms with van der Waals surface area (Å²) in [4.78, 5) is 27.5. The summed E-state index contributed by atoms with van der Waals surface area (Å²) in [6.07, 6.45) is 3.44. The number of thioether (sulfide) groups is 1. The summed E-state index contributed by atoms with van der Waals surface area (Å²) >= 11 is 1.46. The average molecular weight is 282 g/mol. The van der Waals surface area contributed by atoms with Crippen molar-refractivity contribution in [1.82, 2.24) is 10.3 Å². The Kier molecular flexibility index (Phi) is 3.99. The molecule has 1 N–H and O–H groups in total. The van der Waals surface area contributed by atoms with Gasteiger partial charge in [0.1, 0.15) is 6.26 Å². The second-order valence-corrected chi connectivity index (χ2v) is 7.38. The smallest absolute Gasteiger partial charge is 0.273 e. The monoisotopic (exact) mass is 282 g/mol. The molecule has 0 unspecified atom stereocenters. The second kappa shape index (κ2) is 5.36. The maximum Gasteiger partial charge on any atom is 0.273 e. The number of hydrogen-bond acceptors (Lipinski definition) is 5. The molecule has 1 aliphatic carbocycles. The van der Waals surface area contributed by atoms with Crippen molar-refractivity contribution >= 4 is 23.5 Å². The molecule has 19 heavy (non-hydrogen) atoms. The van der Waals surface area contributed by atoms with Gasteiger partial charge in [0.25, 0.3) is 11.1 Å². The Morgan fingerprint density at radius 2 is 2.26 bits per heavy atom. The van der Waals surface area contributed by atoms with Crippen LogP contribution in [0.4, 0.5) is 0 Å². The number of oxazole rings is 1. The number of amides is 1. The zero-order valence-electron chi connectivity index (χ0n) is 11.4. The minimum absolute atomic E-state index is 0.0278. The maximum atomic E-state index is 11.9. The normalized spacial score (nSPS) is 19.7. The molecule has 1 aliphatic rings. The third kappa shape index (κ3) is 3.83. The van der Waals surface area contributed by atoms with E-state index in [9.17, 15) is 9.59 Å². The lowest BCUT2D eigenvalue weighted by atomic mass is 10.2. The van der Waals surface area contributed by atoms with E-state index >= 15 is 0 Å². The van der Waals surface area contributed by atoms with E-state index in [0.717, 1.165) is 6.42 Å². The lowest BCUT2D eigenvalue weighted by molar-refractivity contribution is -0.118. The molecule has 104 valence electrons. The first kappa shape index (κ1) is 14.1. The van der Waals surface area contributed by atoms with Gasteiger partial charge in [-0.3, -0.25) is 9.59 Å². The van der Waals surface area contributed by atoms with Crippen molar-refractivity contribution in [2.75, 3.05) is 0 Å². The predicted octanol–water partition coefficient (Wildman–Crippen LogP) is 2.42. The molecule has 0 aliphatic heterocycles. The number of ketones is 1. The van der Waals surface area contributed by atoms with Gasteiger partial charge in [-0.2, -0.15) is 4.98 Å². The number of nitrogens with zero attached hydrogens (tertiary/aromatic N) is 1. The van der Waals surface area contributed by atoms with Crippen molar-refractivity contribution in [2.24, 2.45) is 0 Å². The van der Waals surface area contributed by atoms with Crippen LogP contribution in [0.15, 0.2) is 15.9 Å². The third-order valence-electron chi connectivity index (χ3n) is 2.72. The summed E-state index contributed by atoms with van der Waals surface area (Å²) in [7, 11) is 0. The van der Waals surface area contributed by atoms with Crippen LogP contribution in [-0.2, 0) is 4.79 Å². The van der Waals surface area contributed by atoms with E-state index in [4.69, 9.17) is 4.42 Å². The summed E-state index contributed by atoms with van der Waals surface area (Å²) in [5.41, 5.74) is 0.228. The van der Waals surface area contributed by atoms with Gasteiger partial charge in [-0.15, -0.1) is 0 Å². The van der Waals surface area contributed by atoms with Gasteiger partial charge in [0.05, 0.1) is 6.04 Å². The molecule has 1 fully saturated rings. The number of hydrogen-bond donors (Lipinski definition) is 1. The quantitative estimate of drug-likeness (QED) is 0.862. The van der Waals surface area contributed by atoms with Crippen molar-refractivity contribution in [3.8, 4) is 0 Å². The van der Waals surface area contributed by atoms with Gasteiger partial charge in [-0.05, 0) is 12.8 Å². The van der Waals surface area contributed by atoms with Crippen LogP contribution in [0.3, 0.4) is 0 Å². The molecule has 2 rings (SSSR count). The topological polar surface area (TPSA) is 72.2 Å². The average Bonchev–Trinajstić information content (AvgIpc) is 2.87. The van der Waals surface area contributed by atoms with Crippen LogP contribution in [0.25, 0.3) is 0 Å². The number of carbonyl (C=O) groups is 2. The third-order valence-corrected chi connectivity index (χ3v) is 3.69. The standard InChI is InChI=1S/C13H18N2O3S/c1-13(2,3)19-12-15-9(7-18-12)11(17)14-8-5-4-6-10(8)16/h7-8H,4-6H2,1-3H3,(H,14,17)/t8-/m0/s1. The van der Waals surface area contributed by atoms with Crippen LogP contribution in [0, 0.1) is 0 Å². The molecule has 5 nitrogen and oxygen atoms in total. The van der Waals surface area contributed by atoms with E-state index in [2.05, 4.69) is 10.3 Å². The Balaban J connectivity index is 1.98. The Morgan fingerprint density at radius 3 is 2.84 bits per heavy atom. The summed E-state index contributed by atoms with van der Waals surface area (Å²) < 4.78 is 5.23. The van der Waals surface area contributed by atoms with Gasteiger partial charge in [0, 0.05) is 11.2 Å². The van der Waals surface area contributed by atoms with Gasteiger partial charge in [-0.25, -0.2) is 0 Å². The van der Waals surface area contributed by atoms with E-state index in [1.165, 1.54) is 18.0 Å². The zero-order chi connectivity index (χ0) is 14.0. The van der Waals surface area contributed by atoms with Crippen molar-refractivity contribution < 1.29 is 14.0 Å². The summed E-state index contributed by atoms with van der Waals surface area (Å²) in [6.45, 7) is 6.12. The van der Waals surface area contributed by atoms with E-state index in [1.54, 1.807) is 0 Å². The summed E-state index contributed by atoms with van der Waals surface area (Å²) in [6, 6.07) is -0.358. The van der Waals surface area contributed by atoms with E-state index in [0.29, 0.717) is 18.1 Å². The molecule has 0 saturated heterocycles. The molecule has 1 aromatic rings. The number of nitrogens with one attached hydrogen (secondary N) is 1. The first-order chi connectivity index (χ1) is 8.85. The molecular formula is C13H18N2O3S. The van der Waals surface area contributed by atoms with E-state index < -0.39 is 0 Å². The number of aromatic nitrogens is 1. The lowest BCUT2D eigenvalue weighted by Crippen LogP contribution is -2.37. The van der Waals surface area contributed by atoms with Crippen LogP contribution in [0.1, 0.15) is 50.5 Å². The first-order valence-electron chi connectivity index (χ1n) is 6.33. The fourth-order valence-electron chi connectivity index (χ4n) is 1.87. The van der Waals surface area contributed by atoms with Crippen LogP contribution in [0.5, 0.6) is 0 Å². The SMILES string of the molecule is CC(C)(C)Sc1nc(C(=O)N[C@H]2CCCC2=O)co1. The molecule has 1 saturated carbocycles. The molecule has 0 spiro atoms. The van der Waals surface area contributed by atoms with Gasteiger partial charge < -0.3 is 9.73 Å². The predicted molar refractivity (Wildman–Crippen MR) is 72.2 cm³/mol. The largest absolute Gasteiger partial charge is 0.439 e. The fourth-order valence-corrected chi connectivity index (χ4v) is 2.63. The molecule has 1 heterocycles. The number of carbonyl (C=O) groups excluding carboxylic acids is 2. The summed E-state index contributed by atoms with van der Waals surface area (Å²) in [5.74, 6) is -0.245. The van der Waals surface area contributed by atoms with Gasteiger partial charge in [0.15, 0.2) is 11.5 Å². The van der Waals surface area contributed by atoms with E-state index in [-0.39, 0.29) is 28.2 Å². The Bertz CT molecular complexity index is 490. The van der Waals surface area contributed by atoms with Crippen molar-refractivity contribution in [1.29, 1.82) is 0 Å². The maximum absolute atomic E-state index is 11.9. The van der Waals surface area contributed by atoms with Gasteiger partial charge in [-0.1, -0.05) is 32.5 Å². The highest BCUT2D eigenvalue weighted by Crippen LogP contribution is 2.30. The van der Waals surface area contributed by atoms with Crippen molar-refractivity contribution in [2.45, 2.75) is 56.0 Å². The first-order valence-corrected chi connectivity index (χ1v) is 7.15. The highest BCUT2D eigenvalue weighted by atomic mass is 32.2. The molecule has 6 heteroatoms. The van der Waals surface area contributed by atoms with Crippen LogP contribution in [-0.4, -0.2) is 27.5 Å². The molecule has 1 atom stereocenters. The number of rotatable bonds is 3. The van der Waals surface area contributed by atoms with E-state index in [1.807, 2.05) is 20.8 Å². The minimum Gasteiger partial charge on any atom is -0.439 e. The van der Waals surface area contributed by atoms with Gasteiger partial charge in [0.2, 0.25) is 0 Å². The molecular weight excluding hydrogens is 264 g/mol. The Labute approximate surface area is 116 Å². The Morgan fingerprint density at radius 1 is 1.53 bits per heavy atom. The van der Waals surface area contributed by atoms with Crippen LogP contribution >= 0.6 is 11.8 Å². The van der Waals surface area contributed by atoms with Crippen molar-refractivity contribution in [3.05, 3.63) is 12.0 Å². The minimum atomic E-state index is -0.358. The van der Waals surface area contributed by atoms with Crippen LogP contribution in [0.2, 0.25) is 0 Å². The van der Waals surface area contributed by atoms with Crippen molar-refractivity contribution in [3.63, 3.8) is 0 Å². The molecule has 1 aromatic heterocycles. The zero-order valence-corrected chi connectivity index (χ0v) is 12.2. The van der Waals surface area contributed by atoms with Gasteiger partial charge >= 0.3 is 0 Å². The highest BCUT2D eigenvalue weighted by molar-refractivity contribution is 8.00. The highest BCUT2D eigenvalue weighted by Gasteiger charge is 2.27. The fraction of sp³-hybridized carbons (Fsp3) is 0.615. The molecule has 0 bridgehead atoms. The molecule has 1 amide bonds.